The Kier molecular flexibility index (Phi) is 1.99. The highest BCUT2D eigenvalue weighted by Gasteiger charge is 2.43. The van der Waals surface area contributed by atoms with Gasteiger partial charge in [0.25, 0.3) is 0 Å². The van der Waals surface area contributed by atoms with Crippen molar-refractivity contribution in [3.63, 3.8) is 0 Å². The Bertz CT molecular complexity index is 384. The Morgan fingerprint density at radius 1 is 0.933 bits per heavy atom. The summed E-state index contributed by atoms with van der Waals surface area (Å²) in [6.07, 6.45) is 7.82. The molecule has 0 atom stereocenters. The molecular weight excluding hydrogens is 188 g/mol. The van der Waals surface area contributed by atoms with Crippen LogP contribution in [-0.2, 0) is 18.4 Å². The molecule has 1 saturated carbocycles. The Balaban J connectivity index is 1.97. The van der Waals surface area contributed by atoms with Crippen molar-refractivity contribution in [3.05, 3.63) is 17.2 Å². The minimum absolute atomic E-state index is 0.242. The Hall–Kier alpha value is -1.03. The molecule has 3 rings (SSSR count). The lowest BCUT2D eigenvalue weighted by Crippen LogP contribution is -2.24. The maximum Gasteiger partial charge on any atom is 0.171 e. The summed E-state index contributed by atoms with van der Waals surface area (Å²) < 4.78 is 0. The summed E-state index contributed by atoms with van der Waals surface area (Å²) in [6, 6.07) is 0. The fourth-order valence-electron chi connectivity index (χ4n) is 2.11. The van der Waals surface area contributed by atoms with Crippen LogP contribution >= 0.6 is 0 Å². The molecule has 0 unspecified atom stereocenters. The van der Waals surface area contributed by atoms with Crippen molar-refractivity contribution >= 4 is 0 Å². The molecule has 0 radical (unpaired) electrons. The van der Waals surface area contributed by atoms with E-state index in [-0.39, 0.29) is 5.54 Å². The SMILES string of the molecule is NC1(c2nnc3c(n2)CCCCC3)CC1. The van der Waals surface area contributed by atoms with E-state index in [1.54, 1.807) is 0 Å². The molecule has 0 aliphatic heterocycles. The average molecular weight is 204 g/mol. The molecule has 80 valence electrons. The summed E-state index contributed by atoms with van der Waals surface area (Å²) in [5.41, 5.74) is 8.08. The molecular formula is C11H16N4. The van der Waals surface area contributed by atoms with Gasteiger partial charge < -0.3 is 5.73 Å². The molecule has 0 bridgehead atoms. The molecule has 1 aromatic rings. The van der Waals surface area contributed by atoms with Crippen LogP contribution in [0.4, 0.5) is 0 Å². The number of fused-ring (bicyclic) bond motifs is 1. The van der Waals surface area contributed by atoms with Gasteiger partial charge in [0.2, 0.25) is 0 Å². The van der Waals surface area contributed by atoms with Crippen LogP contribution in [-0.4, -0.2) is 15.2 Å². The van der Waals surface area contributed by atoms with E-state index in [1.165, 1.54) is 19.3 Å². The maximum atomic E-state index is 6.08. The lowest BCUT2D eigenvalue weighted by atomic mass is 10.2. The zero-order valence-electron chi connectivity index (χ0n) is 8.87. The van der Waals surface area contributed by atoms with Crippen LogP contribution in [0, 0.1) is 0 Å². The number of nitrogens with two attached hydrogens (primary N) is 1. The highest BCUT2D eigenvalue weighted by atomic mass is 15.2. The van der Waals surface area contributed by atoms with Gasteiger partial charge >= 0.3 is 0 Å². The van der Waals surface area contributed by atoms with E-state index in [0.29, 0.717) is 0 Å². The second-order valence-corrected chi connectivity index (χ2v) is 4.75. The van der Waals surface area contributed by atoms with Gasteiger partial charge in [-0.25, -0.2) is 4.98 Å². The van der Waals surface area contributed by atoms with Crippen molar-refractivity contribution in [1.82, 2.24) is 15.2 Å². The van der Waals surface area contributed by atoms with Gasteiger partial charge in [0.05, 0.1) is 16.9 Å². The third-order valence-corrected chi connectivity index (χ3v) is 3.40. The first-order chi connectivity index (χ1) is 7.28. The van der Waals surface area contributed by atoms with Crippen LogP contribution in [0.2, 0.25) is 0 Å². The van der Waals surface area contributed by atoms with Crippen LogP contribution in [0.15, 0.2) is 0 Å². The molecule has 2 aliphatic rings. The predicted molar refractivity (Wildman–Crippen MR) is 56.2 cm³/mol. The van der Waals surface area contributed by atoms with Crippen molar-refractivity contribution in [2.75, 3.05) is 0 Å². The molecule has 2 N–H and O–H groups in total. The molecule has 0 saturated heterocycles. The number of aromatic nitrogens is 3. The summed E-state index contributed by atoms with van der Waals surface area (Å²) in [7, 11) is 0. The van der Waals surface area contributed by atoms with Crippen LogP contribution in [0.25, 0.3) is 0 Å². The fourth-order valence-corrected chi connectivity index (χ4v) is 2.11. The van der Waals surface area contributed by atoms with Gasteiger partial charge in [-0.3, -0.25) is 0 Å². The summed E-state index contributed by atoms with van der Waals surface area (Å²) in [5, 5.41) is 8.47. The van der Waals surface area contributed by atoms with E-state index >= 15 is 0 Å². The van der Waals surface area contributed by atoms with Crippen molar-refractivity contribution in [2.45, 2.75) is 50.5 Å². The van der Waals surface area contributed by atoms with E-state index in [0.717, 1.165) is 42.9 Å². The van der Waals surface area contributed by atoms with Gasteiger partial charge in [0.15, 0.2) is 5.82 Å². The molecule has 15 heavy (non-hydrogen) atoms. The van der Waals surface area contributed by atoms with Gasteiger partial charge in [-0.05, 0) is 38.5 Å². The molecule has 1 fully saturated rings. The molecule has 0 aromatic carbocycles. The van der Waals surface area contributed by atoms with Gasteiger partial charge in [-0.1, -0.05) is 6.42 Å². The first-order valence-electron chi connectivity index (χ1n) is 5.80. The molecule has 0 spiro atoms. The predicted octanol–water partition coefficient (Wildman–Crippen LogP) is 1.09. The standard InChI is InChI=1S/C11H16N4/c12-11(6-7-11)10-13-8-4-2-1-3-5-9(8)14-15-10/h1-7,12H2. The van der Waals surface area contributed by atoms with Gasteiger partial charge in [0, 0.05) is 0 Å². The molecule has 2 aliphatic carbocycles. The maximum absolute atomic E-state index is 6.08. The second-order valence-electron chi connectivity index (χ2n) is 4.75. The number of rotatable bonds is 1. The van der Waals surface area contributed by atoms with E-state index in [2.05, 4.69) is 15.2 Å². The summed E-state index contributed by atoms with van der Waals surface area (Å²) in [5.74, 6) is 0.767. The third-order valence-electron chi connectivity index (χ3n) is 3.40. The summed E-state index contributed by atoms with van der Waals surface area (Å²) >= 11 is 0. The third kappa shape index (κ3) is 1.63. The quantitative estimate of drug-likeness (QED) is 0.695. The number of aryl methyl sites for hydroxylation is 2. The highest BCUT2D eigenvalue weighted by Crippen LogP contribution is 2.40. The number of nitrogens with zero attached hydrogens (tertiary/aromatic N) is 3. The van der Waals surface area contributed by atoms with Gasteiger partial charge in [-0.2, -0.15) is 5.10 Å². The van der Waals surface area contributed by atoms with E-state index < -0.39 is 0 Å². The number of hydrogen-bond acceptors (Lipinski definition) is 4. The number of hydrogen-bond donors (Lipinski definition) is 1. The van der Waals surface area contributed by atoms with E-state index in [9.17, 15) is 0 Å². The van der Waals surface area contributed by atoms with Crippen LogP contribution < -0.4 is 5.73 Å². The van der Waals surface area contributed by atoms with Crippen LogP contribution in [0.5, 0.6) is 0 Å². The lowest BCUT2D eigenvalue weighted by Gasteiger charge is -2.09. The van der Waals surface area contributed by atoms with Crippen LogP contribution in [0.3, 0.4) is 0 Å². The highest BCUT2D eigenvalue weighted by molar-refractivity contribution is 5.19. The zero-order chi connectivity index (χ0) is 10.3. The lowest BCUT2D eigenvalue weighted by molar-refractivity contribution is 0.628. The zero-order valence-corrected chi connectivity index (χ0v) is 8.87. The van der Waals surface area contributed by atoms with Crippen LogP contribution in [0.1, 0.15) is 49.3 Å². The Labute approximate surface area is 89.3 Å². The Morgan fingerprint density at radius 3 is 2.40 bits per heavy atom. The Morgan fingerprint density at radius 2 is 1.67 bits per heavy atom. The topological polar surface area (TPSA) is 64.7 Å². The first-order valence-corrected chi connectivity index (χ1v) is 5.80. The van der Waals surface area contributed by atoms with E-state index in [4.69, 9.17) is 5.73 Å². The minimum Gasteiger partial charge on any atom is -0.319 e. The van der Waals surface area contributed by atoms with Crippen molar-refractivity contribution in [2.24, 2.45) is 5.73 Å². The largest absolute Gasteiger partial charge is 0.319 e. The summed E-state index contributed by atoms with van der Waals surface area (Å²) in [4.78, 5) is 4.61. The first kappa shape index (κ1) is 9.21. The summed E-state index contributed by atoms with van der Waals surface area (Å²) in [6.45, 7) is 0. The van der Waals surface area contributed by atoms with Crippen molar-refractivity contribution < 1.29 is 0 Å². The molecule has 0 amide bonds. The van der Waals surface area contributed by atoms with Crippen molar-refractivity contribution in [3.8, 4) is 0 Å². The molecule has 1 aromatic heterocycles. The van der Waals surface area contributed by atoms with Gasteiger partial charge in [0.1, 0.15) is 0 Å². The fraction of sp³-hybridized carbons (Fsp3) is 0.727. The normalized spacial score (nSPS) is 23.0. The monoisotopic (exact) mass is 204 g/mol. The van der Waals surface area contributed by atoms with Crippen molar-refractivity contribution in [1.29, 1.82) is 0 Å². The molecule has 4 nitrogen and oxygen atoms in total. The smallest absolute Gasteiger partial charge is 0.171 e. The molecule has 1 heterocycles. The minimum atomic E-state index is -0.242. The van der Waals surface area contributed by atoms with E-state index in [1.807, 2.05) is 0 Å². The average Bonchev–Trinajstić information content (AvgIpc) is 3.01. The van der Waals surface area contributed by atoms with Gasteiger partial charge in [-0.15, -0.1) is 5.10 Å². The molecule has 4 heteroatoms. The second kappa shape index (κ2) is 3.23.